The maximum Gasteiger partial charge on any atom is 0.182 e. The Labute approximate surface area is 269 Å². The molecule has 46 heavy (non-hydrogen) atoms. The molecule has 0 amide bonds. The van der Waals surface area contributed by atoms with Crippen LogP contribution in [0.25, 0.3) is 67.0 Å². The first-order valence-corrected chi connectivity index (χ1v) is 16.5. The van der Waals surface area contributed by atoms with Crippen molar-refractivity contribution in [1.29, 1.82) is 0 Å². The molecule has 0 saturated heterocycles. The van der Waals surface area contributed by atoms with Crippen molar-refractivity contribution in [2.24, 2.45) is 11.8 Å². The molecule has 2 bridgehead atoms. The zero-order valence-electron chi connectivity index (χ0n) is 25.6. The summed E-state index contributed by atoms with van der Waals surface area (Å²) in [5, 5.41) is 0. The molecule has 2 heterocycles. The Morgan fingerprint density at radius 1 is 0.522 bits per heavy atom. The smallest absolute Gasteiger partial charge is 0.182 e. The van der Waals surface area contributed by atoms with Crippen molar-refractivity contribution in [3.8, 4) is 55.9 Å². The van der Waals surface area contributed by atoms with Crippen molar-refractivity contribution >= 4 is 11.1 Å². The second-order valence-electron chi connectivity index (χ2n) is 13.0. The molecule has 3 atom stereocenters. The molecule has 0 radical (unpaired) electrons. The summed E-state index contributed by atoms with van der Waals surface area (Å²) in [6, 6.07) is 47.5. The van der Waals surface area contributed by atoms with Crippen LogP contribution in [0.15, 0.2) is 144 Å². The number of pyridine rings is 1. The van der Waals surface area contributed by atoms with Crippen LogP contribution in [0, 0.1) is 11.8 Å². The monoisotopic (exact) mass is 594 g/mol. The van der Waals surface area contributed by atoms with Gasteiger partial charge in [0.05, 0.1) is 11.4 Å². The van der Waals surface area contributed by atoms with Gasteiger partial charge < -0.3 is 4.42 Å². The van der Waals surface area contributed by atoms with Crippen molar-refractivity contribution in [2.75, 3.05) is 0 Å². The van der Waals surface area contributed by atoms with Crippen LogP contribution in [-0.4, -0.2) is 9.97 Å². The minimum atomic E-state index is 0.737. The first-order valence-electron chi connectivity index (χ1n) is 16.5. The molecule has 5 aromatic carbocycles. The van der Waals surface area contributed by atoms with Crippen LogP contribution >= 0.6 is 0 Å². The zero-order chi connectivity index (χ0) is 30.5. The molecule has 0 N–H and O–H groups in total. The van der Waals surface area contributed by atoms with E-state index >= 15 is 0 Å². The molecule has 2 saturated carbocycles. The van der Waals surface area contributed by atoms with Gasteiger partial charge in [-0.2, -0.15) is 0 Å². The van der Waals surface area contributed by atoms with Crippen molar-refractivity contribution in [3.05, 3.63) is 145 Å². The molecule has 2 aliphatic rings. The van der Waals surface area contributed by atoms with Crippen LogP contribution in [0.5, 0.6) is 0 Å². The second kappa shape index (κ2) is 11.3. The number of oxazole rings is 1. The Bertz CT molecular complexity index is 2110. The van der Waals surface area contributed by atoms with Crippen LogP contribution in [0.3, 0.4) is 0 Å². The first-order chi connectivity index (χ1) is 22.8. The lowest BCUT2D eigenvalue weighted by molar-refractivity contribution is 0.420. The third-order valence-corrected chi connectivity index (χ3v) is 10.3. The molecule has 222 valence electrons. The van der Waals surface area contributed by atoms with Crippen LogP contribution in [-0.2, 0) is 0 Å². The van der Waals surface area contributed by atoms with E-state index in [0.717, 1.165) is 79.2 Å². The van der Waals surface area contributed by atoms with Gasteiger partial charge in [-0.05, 0) is 89.1 Å². The van der Waals surface area contributed by atoms with E-state index in [1.165, 1.54) is 36.8 Å². The number of fused-ring (bicyclic) bond motifs is 3. The standard InChI is InChI=1S/C43H34N2O/c1-3-8-31(9-4-1)40-25-36(26-41(45-40)32-10-5-2-6-11-32)33-12-7-13-34(24-33)37-20-21-38(43-42(37)44-27-46-43)29-16-18-30(19-17-29)39-23-28-14-15-35(39)22-28/h1-13,16-21,24-28,35,39H,14-15,22-23H2. The van der Waals surface area contributed by atoms with E-state index < -0.39 is 0 Å². The van der Waals surface area contributed by atoms with Gasteiger partial charge in [0, 0.05) is 22.3 Å². The molecule has 2 aliphatic carbocycles. The van der Waals surface area contributed by atoms with Gasteiger partial charge in [-0.3, -0.25) is 0 Å². The van der Waals surface area contributed by atoms with E-state index in [4.69, 9.17) is 14.4 Å². The number of hydrogen-bond acceptors (Lipinski definition) is 3. The number of benzene rings is 5. The van der Waals surface area contributed by atoms with Crippen LogP contribution < -0.4 is 0 Å². The summed E-state index contributed by atoms with van der Waals surface area (Å²) in [5.74, 6) is 2.57. The molecule has 3 heteroatoms. The van der Waals surface area contributed by atoms with Gasteiger partial charge in [-0.15, -0.1) is 0 Å². The largest absolute Gasteiger partial charge is 0.443 e. The van der Waals surface area contributed by atoms with Gasteiger partial charge in [0.15, 0.2) is 12.0 Å². The van der Waals surface area contributed by atoms with E-state index in [-0.39, 0.29) is 0 Å². The van der Waals surface area contributed by atoms with Crippen LogP contribution in [0.1, 0.15) is 37.2 Å². The fraction of sp³-hybridized carbons (Fsp3) is 0.163. The van der Waals surface area contributed by atoms with E-state index in [2.05, 4.69) is 121 Å². The fourth-order valence-electron chi connectivity index (χ4n) is 8.05. The normalized spacial score (nSPS) is 18.7. The van der Waals surface area contributed by atoms with E-state index in [1.807, 2.05) is 12.1 Å². The summed E-state index contributed by atoms with van der Waals surface area (Å²) in [6.45, 7) is 0. The second-order valence-corrected chi connectivity index (χ2v) is 13.0. The maximum atomic E-state index is 6.06. The fourth-order valence-corrected chi connectivity index (χ4v) is 8.05. The molecule has 3 unspecified atom stereocenters. The Morgan fingerprint density at radius 2 is 1.20 bits per heavy atom. The number of aromatic nitrogens is 2. The highest BCUT2D eigenvalue weighted by Crippen LogP contribution is 2.53. The summed E-state index contributed by atoms with van der Waals surface area (Å²) in [6.07, 6.45) is 7.21. The van der Waals surface area contributed by atoms with Crippen LogP contribution in [0.4, 0.5) is 0 Å². The lowest BCUT2D eigenvalue weighted by Gasteiger charge is -2.22. The molecule has 2 fully saturated rings. The van der Waals surface area contributed by atoms with Gasteiger partial charge in [-0.25, -0.2) is 9.97 Å². The highest BCUT2D eigenvalue weighted by atomic mass is 16.3. The lowest BCUT2D eigenvalue weighted by Crippen LogP contribution is -2.08. The summed E-state index contributed by atoms with van der Waals surface area (Å²) >= 11 is 0. The average Bonchev–Trinajstić information content (AvgIpc) is 3.91. The molecule has 3 nitrogen and oxygen atoms in total. The van der Waals surface area contributed by atoms with Crippen molar-refractivity contribution in [1.82, 2.24) is 9.97 Å². The first kappa shape index (κ1) is 27.1. The highest BCUT2D eigenvalue weighted by Gasteiger charge is 2.40. The number of nitrogens with zero attached hydrogens (tertiary/aromatic N) is 2. The van der Waals surface area contributed by atoms with Gasteiger partial charge >= 0.3 is 0 Å². The van der Waals surface area contributed by atoms with Crippen molar-refractivity contribution in [2.45, 2.75) is 31.6 Å². The third-order valence-electron chi connectivity index (χ3n) is 10.3. The minimum Gasteiger partial charge on any atom is -0.443 e. The lowest BCUT2D eigenvalue weighted by atomic mass is 9.83. The van der Waals surface area contributed by atoms with Gasteiger partial charge in [0.25, 0.3) is 0 Å². The van der Waals surface area contributed by atoms with Gasteiger partial charge in [-0.1, -0.05) is 116 Å². The van der Waals surface area contributed by atoms with E-state index in [9.17, 15) is 0 Å². The number of rotatable bonds is 6. The quantitative estimate of drug-likeness (QED) is 0.192. The molecule has 0 spiro atoms. The summed E-state index contributed by atoms with van der Waals surface area (Å²) < 4.78 is 6.06. The maximum absolute atomic E-state index is 6.06. The number of hydrogen-bond donors (Lipinski definition) is 0. The molecular weight excluding hydrogens is 560 g/mol. The Kier molecular flexibility index (Phi) is 6.63. The Morgan fingerprint density at radius 3 is 1.87 bits per heavy atom. The third kappa shape index (κ3) is 4.84. The van der Waals surface area contributed by atoms with Crippen molar-refractivity contribution in [3.63, 3.8) is 0 Å². The predicted molar refractivity (Wildman–Crippen MR) is 187 cm³/mol. The highest BCUT2D eigenvalue weighted by molar-refractivity contribution is 6.00. The zero-order valence-corrected chi connectivity index (χ0v) is 25.6. The Hall–Kier alpha value is -5.28. The SMILES string of the molecule is c1ccc(-c2cc(-c3cccc(-c4ccc(-c5ccc(C6CC7CCC6C7)cc5)c5ocnc45)c3)cc(-c3ccccc3)n2)cc1. The molecule has 7 aromatic rings. The van der Waals surface area contributed by atoms with E-state index in [0.29, 0.717) is 0 Å². The van der Waals surface area contributed by atoms with Crippen LogP contribution in [0.2, 0.25) is 0 Å². The molecule has 0 aliphatic heterocycles. The summed E-state index contributed by atoms with van der Waals surface area (Å²) in [7, 11) is 0. The minimum absolute atomic E-state index is 0.737. The molecule has 9 rings (SSSR count). The van der Waals surface area contributed by atoms with Crippen molar-refractivity contribution < 1.29 is 4.42 Å². The Balaban J connectivity index is 1.08. The summed E-state index contributed by atoms with van der Waals surface area (Å²) in [4.78, 5) is 9.79. The molecular formula is C43H34N2O. The topological polar surface area (TPSA) is 38.9 Å². The molecule has 2 aromatic heterocycles. The average molecular weight is 595 g/mol. The summed E-state index contributed by atoms with van der Waals surface area (Å²) in [5.41, 5.74) is 14.0. The van der Waals surface area contributed by atoms with E-state index in [1.54, 1.807) is 6.39 Å². The van der Waals surface area contributed by atoms with Gasteiger partial charge in [0.2, 0.25) is 0 Å². The van der Waals surface area contributed by atoms with Gasteiger partial charge in [0.1, 0.15) is 5.52 Å². The predicted octanol–water partition coefficient (Wildman–Crippen LogP) is 11.5.